The normalized spacial score (nSPS) is 11.3. The fraction of sp³-hybridized carbons (Fsp3) is 0.360. The Labute approximate surface area is 194 Å². The maximum absolute atomic E-state index is 12.1. The second-order valence-corrected chi connectivity index (χ2v) is 8.54. The molecule has 0 aliphatic rings. The molecule has 0 atom stereocenters. The third-order valence-corrected chi connectivity index (χ3v) is 5.35. The first-order valence-corrected chi connectivity index (χ1v) is 11.0. The van der Waals surface area contributed by atoms with Crippen LogP contribution in [-0.2, 0) is 22.4 Å². The van der Waals surface area contributed by atoms with Gasteiger partial charge in [0.05, 0.1) is 24.3 Å². The summed E-state index contributed by atoms with van der Waals surface area (Å²) in [5.41, 5.74) is 2.43. The first-order chi connectivity index (χ1) is 15.7. The van der Waals surface area contributed by atoms with Gasteiger partial charge < -0.3 is 23.9 Å². The molecule has 0 aliphatic heterocycles. The van der Waals surface area contributed by atoms with E-state index >= 15 is 0 Å². The molecule has 0 bridgehead atoms. The number of hydrogen-bond acceptors (Lipinski definition) is 7. The molecule has 174 valence electrons. The van der Waals surface area contributed by atoms with Crippen molar-refractivity contribution < 1.29 is 28.7 Å². The number of hydrogen-bond donors (Lipinski definition) is 2. The summed E-state index contributed by atoms with van der Waals surface area (Å²) in [7, 11) is -1.50. The van der Waals surface area contributed by atoms with Crippen LogP contribution in [0.15, 0.2) is 52.9 Å². The number of ether oxygens (including phenoxy) is 2. The molecule has 1 heterocycles. The number of carbonyl (C=O) groups excluding carboxylic acids is 1. The lowest BCUT2D eigenvalue weighted by molar-refractivity contribution is -0.153. The van der Waals surface area contributed by atoms with Crippen molar-refractivity contribution in [3.63, 3.8) is 0 Å². The highest BCUT2D eigenvalue weighted by Gasteiger charge is 2.29. The lowest BCUT2D eigenvalue weighted by atomic mass is 9.80. The number of carbonyl (C=O) groups is 1. The van der Waals surface area contributed by atoms with Crippen LogP contribution in [0.25, 0.3) is 11.5 Å². The Morgan fingerprint density at radius 3 is 2.36 bits per heavy atom. The molecule has 0 fully saturated rings. The highest BCUT2D eigenvalue weighted by atomic mass is 16.5. The van der Waals surface area contributed by atoms with Crippen molar-refractivity contribution >= 4 is 18.6 Å². The molecule has 0 spiro atoms. The van der Waals surface area contributed by atoms with E-state index in [0.29, 0.717) is 37.4 Å². The predicted octanol–water partition coefficient (Wildman–Crippen LogP) is 3.08. The zero-order chi connectivity index (χ0) is 24.0. The molecule has 3 rings (SSSR count). The largest absolute Gasteiger partial charge is 0.493 e. The molecule has 33 heavy (non-hydrogen) atoms. The average Bonchev–Trinajstić information content (AvgIpc) is 3.15. The highest BCUT2D eigenvalue weighted by molar-refractivity contribution is 6.58. The molecule has 7 nitrogen and oxygen atoms in total. The molecule has 0 amide bonds. The van der Waals surface area contributed by atoms with Gasteiger partial charge in [-0.25, -0.2) is 4.98 Å². The smallest absolute Gasteiger partial charge is 0.488 e. The van der Waals surface area contributed by atoms with Crippen molar-refractivity contribution in [3.8, 4) is 17.2 Å². The van der Waals surface area contributed by atoms with Gasteiger partial charge >= 0.3 is 13.1 Å². The van der Waals surface area contributed by atoms with Gasteiger partial charge in [0.25, 0.3) is 0 Å². The zero-order valence-electron chi connectivity index (χ0n) is 19.5. The van der Waals surface area contributed by atoms with Crippen molar-refractivity contribution in [2.75, 3.05) is 13.2 Å². The Kier molecular flexibility index (Phi) is 7.94. The van der Waals surface area contributed by atoms with Crippen molar-refractivity contribution in [2.24, 2.45) is 5.41 Å². The highest BCUT2D eigenvalue weighted by Crippen LogP contribution is 2.25. The van der Waals surface area contributed by atoms with Crippen LogP contribution in [0.2, 0.25) is 0 Å². The van der Waals surface area contributed by atoms with Crippen LogP contribution in [-0.4, -0.2) is 41.3 Å². The zero-order valence-corrected chi connectivity index (χ0v) is 19.5. The summed E-state index contributed by atoms with van der Waals surface area (Å²) in [4.78, 5) is 16.6. The van der Waals surface area contributed by atoms with Crippen molar-refractivity contribution in [1.29, 1.82) is 0 Å². The molecule has 0 unspecified atom stereocenters. The van der Waals surface area contributed by atoms with Gasteiger partial charge in [-0.1, -0.05) is 24.3 Å². The van der Waals surface area contributed by atoms with Crippen LogP contribution in [0.5, 0.6) is 5.75 Å². The summed E-state index contributed by atoms with van der Waals surface area (Å²) >= 11 is 0. The van der Waals surface area contributed by atoms with E-state index in [1.165, 1.54) is 0 Å². The first kappa shape index (κ1) is 24.5. The second kappa shape index (κ2) is 10.7. The number of aromatic nitrogens is 1. The van der Waals surface area contributed by atoms with Gasteiger partial charge in [-0.15, -0.1) is 0 Å². The summed E-state index contributed by atoms with van der Waals surface area (Å²) in [6.07, 6.45) is 1.17. The minimum Gasteiger partial charge on any atom is -0.493 e. The number of oxazole rings is 1. The molecule has 0 saturated heterocycles. The quantitative estimate of drug-likeness (QED) is 0.361. The van der Waals surface area contributed by atoms with Crippen molar-refractivity contribution in [2.45, 2.75) is 40.5 Å². The average molecular weight is 451 g/mol. The number of rotatable bonds is 10. The monoisotopic (exact) mass is 451 g/mol. The molecule has 3 aromatic rings. The van der Waals surface area contributed by atoms with E-state index in [1.807, 2.05) is 52.0 Å². The van der Waals surface area contributed by atoms with E-state index in [0.717, 1.165) is 28.3 Å². The topological polar surface area (TPSA) is 102 Å². The van der Waals surface area contributed by atoms with Crippen LogP contribution >= 0.6 is 0 Å². The van der Waals surface area contributed by atoms with E-state index in [4.69, 9.17) is 13.9 Å². The number of esters is 1. The molecule has 0 radical (unpaired) electrons. The van der Waals surface area contributed by atoms with E-state index in [-0.39, 0.29) is 5.97 Å². The SMILES string of the molecule is CCOC(=O)C(C)(C)Cc1ccc(OCCc2nc(-c3ccc(B(O)O)cc3)oc2C)cc1. The van der Waals surface area contributed by atoms with Crippen LogP contribution < -0.4 is 10.2 Å². The van der Waals surface area contributed by atoms with Gasteiger partial charge in [0.2, 0.25) is 5.89 Å². The van der Waals surface area contributed by atoms with Gasteiger partial charge in [-0.3, -0.25) is 4.79 Å². The molecular weight excluding hydrogens is 421 g/mol. The minimum atomic E-state index is -1.50. The van der Waals surface area contributed by atoms with E-state index in [2.05, 4.69) is 4.98 Å². The third kappa shape index (κ3) is 6.46. The Bertz CT molecular complexity index is 1060. The van der Waals surface area contributed by atoms with Gasteiger partial charge in [0.1, 0.15) is 11.5 Å². The maximum atomic E-state index is 12.1. The van der Waals surface area contributed by atoms with Gasteiger partial charge in [-0.2, -0.15) is 0 Å². The maximum Gasteiger partial charge on any atom is 0.488 e. The van der Waals surface area contributed by atoms with E-state index in [9.17, 15) is 14.8 Å². The van der Waals surface area contributed by atoms with Crippen LogP contribution in [0.3, 0.4) is 0 Å². The van der Waals surface area contributed by atoms with Crippen LogP contribution in [0.1, 0.15) is 37.8 Å². The molecule has 0 saturated carbocycles. The predicted molar refractivity (Wildman–Crippen MR) is 126 cm³/mol. The Hall–Kier alpha value is -3.10. The summed E-state index contributed by atoms with van der Waals surface area (Å²) in [6, 6.07) is 14.4. The number of nitrogens with zero attached hydrogens (tertiary/aromatic N) is 1. The first-order valence-electron chi connectivity index (χ1n) is 11.0. The Morgan fingerprint density at radius 1 is 1.09 bits per heavy atom. The molecule has 2 aromatic carbocycles. The Morgan fingerprint density at radius 2 is 1.76 bits per heavy atom. The standard InChI is InChI=1S/C25H30BNO6/c1-5-31-24(28)25(3,4)16-18-6-12-21(13-7-18)32-15-14-22-17(2)33-23(27-22)19-8-10-20(11-9-19)26(29)30/h6-13,29-30H,5,14-16H2,1-4H3. The van der Waals surface area contributed by atoms with Gasteiger partial charge in [0, 0.05) is 12.0 Å². The van der Waals surface area contributed by atoms with Gasteiger partial charge in [-0.05, 0) is 69.4 Å². The second-order valence-electron chi connectivity index (χ2n) is 8.54. The summed E-state index contributed by atoms with van der Waals surface area (Å²) in [5.74, 6) is 1.74. The molecule has 1 aromatic heterocycles. The fourth-order valence-corrected chi connectivity index (χ4v) is 3.46. The Balaban J connectivity index is 1.55. The van der Waals surface area contributed by atoms with Crippen molar-refractivity contribution in [1.82, 2.24) is 4.98 Å². The van der Waals surface area contributed by atoms with E-state index in [1.54, 1.807) is 24.3 Å². The fourth-order valence-electron chi connectivity index (χ4n) is 3.46. The lowest BCUT2D eigenvalue weighted by Crippen LogP contribution is -2.29. The summed E-state index contributed by atoms with van der Waals surface area (Å²) < 4.78 is 16.8. The number of aryl methyl sites for hydroxylation is 1. The number of benzene rings is 2. The van der Waals surface area contributed by atoms with Crippen molar-refractivity contribution in [3.05, 3.63) is 65.5 Å². The summed E-state index contributed by atoms with van der Waals surface area (Å²) in [6.45, 7) is 8.25. The van der Waals surface area contributed by atoms with Crippen LogP contribution in [0.4, 0.5) is 0 Å². The molecule has 2 N–H and O–H groups in total. The molecule has 8 heteroatoms. The molecule has 0 aliphatic carbocycles. The van der Waals surface area contributed by atoms with Crippen LogP contribution in [0, 0.1) is 12.3 Å². The lowest BCUT2D eigenvalue weighted by Gasteiger charge is -2.22. The van der Waals surface area contributed by atoms with E-state index < -0.39 is 12.5 Å². The summed E-state index contributed by atoms with van der Waals surface area (Å²) in [5, 5.41) is 18.4. The minimum absolute atomic E-state index is 0.199. The molecular formula is C25H30BNO6. The third-order valence-electron chi connectivity index (χ3n) is 5.35. The van der Waals surface area contributed by atoms with Gasteiger partial charge in [0.15, 0.2) is 0 Å².